The van der Waals surface area contributed by atoms with Gasteiger partial charge < -0.3 is 0 Å². The van der Waals surface area contributed by atoms with Gasteiger partial charge in [0.2, 0.25) is 0 Å². The molecule has 0 atom stereocenters. The maximum absolute atomic E-state index is 2.51. The molecule has 1 nitrogen and oxygen atoms in total. The van der Waals surface area contributed by atoms with Crippen LogP contribution in [-0.2, 0) is 0 Å². The van der Waals surface area contributed by atoms with Crippen LogP contribution in [0.25, 0.3) is 0 Å². The molecule has 0 saturated carbocycles. The summed E-state index contributed by atoms with van der Waals surface area (Å²) in [6.45, 7) is 12.5. The zero-order valence-electron chi connectivity index (χ0n) is 9.52. The third-order valence-corrected chi connectivity index (χ3v) is 1.81. The SMILES string of the molecule is CCCN(C(C)C)C(C)C.[CH3][Sn]. The van der Waals surface area contributed by atoms with Crippen molar-refractivity contribution >= 4 is 22.5 Å². The van der Waals surface area contributed by atoms with Gasteiger partial charge in [0.25, 0.3) is 0 Å². The van der Waals surface area contributed by atoms with Crippen LogP contribution >= 0.6 is 0 Å². The predicted molar refractivity (Wildman–Crippen MR) is 58.9 cm³/mol. The van der Waals surface area contributed by atoms with Crippen molar-refractivity contribution in [1.82, 2.24) is 4.90 Å². The number of hydrogen-bond donors (Lipinski definition) is 0. The molecule has 0 bridgehead atoms. The summed E-state index contributed by atoms with van der Waals surface area (Å²) in [5.41, 5.74) is 0. The molecule has 0 aliphatic rings. The molecular formula is C10H24NSn. The van der Waals surface area contributed by atoms with E-state index in [1.807, 2.05) is 0 Å². The quantitative estimate of drug-likeness (QED) is 0.714. The molecule has 3 radical (unpaired) electrons. The summed E-state index contributed by atoms with van der Waals surface area (Å²) < 4.78 is 0. The third kappa shape index (κ3) is 7.41. The Morgan fingerprint density at radius 1 is 1.00 bits per heavy atom. The molecule has 0 saturated heterocycles. The Hall–Kier alpha value is 0.759. The van der Waals surface area contributed by atoms with Crippen molar-refractivity contribution in [2.45, 2.75) is 58.1 Å². The van der Waals surface area contributed by atoms with Crippen molar-refractivity contribution in [2.24, 2.45) is 0 Å². The van der Waals surface area contributed by atoms with Gasteiger partial charge in [-0.15, -0.1) is 0 Å². The third-order valence-electron chi connectivity index (χ3n) is 1.81. The van der Waals surface area contributed by atoms with Crippen molar-refractivity contribution < 1.29 is 0 Å². The van der Waals surface area contributed by atoms with E-state index in [2.05, 4.69) is 44.5 Å². The van der Waals surface area contributed by atoms with Crippen molar-refractivity contribution in [2.75, 3.05) is 6.54 Å². The molecule has 0 aromatic rings. The fourth-order valence-corrected chi connectivity index (χ4v) is 1.37. The number of rotatable bonds is 4. The van der Waals surface area contributed by atoms with Gasteiger partial charge in [-0.05, 0) is 40.7 Å². The molecule has 0 spiro atoms. The van der Waals surface area contributed by atoms with E-state index < -0.39 is 0 Å². The van der Waals surface area contributed by atoms with Gasteiger partial charge in [-0.3, -0.25) is 4.90 Å². The van der Waals surface area contributed by atoms with E-state index in [0.717, 1.165) is 0 Å². The van der Waals surface area contributed by atoms with Crippen molar-refractivity contribution in [3.05, 3.63) is 0 Å². The Balaban J connectivity index is 0. The molecule has 0 unspecified atom stereocenters. The molecule has 0 heterocycles. The van der Waals surface area contributed by atoms with Crippen LogP contribution in [-0.4, -0.2) is 46.1 Å². The van der Waals surface area contributed by atoms with Crippen LogP contribution < -0.4 is 0 Å². The van der Waals surface area contributed by atoms with Crippen LogP contribution in [0.2, 0.25) is 4.94 Å². The van der Waals surface area contributed by atoms with Crippen molar-refractivity contribution in [1.29, 1.82) is 0 Å². The van der Waals surface area contributed by atoms with Crippen LogP contribution in [0.1, 0.15) is 41.0 Å². The van der Waals surface area contributed by atoms with Crippen molar-refractivity contribution in [3.63, 3.8) is 0 Å². The van der Waals surface area contributed by atoms with Crippen LogP contribution in [0.3, 0.4) is 0 Å². The Morgan fingerprint density at radius 2 is 1.33 bits per heavy atom. The van der Waals surface area contributed by atoms with Crippen LogP contribution in [0.15, 0.2) is 0 Å². The first-order chi connectivity index (χ1) is 5.59. The van der Waals surface area contributed by atoms with Crippen LogP contribution in [0, 0.1) is 0 Å². The molecule has 0 fully saturated rings. The second-order valence-corrected chi connectivity index (χ2v) is 3.43. The Kier molecular flexibility index (Phi) is 12.5. The van der Waals surface area contributed by atoms with E-state index in [4.69, 9.17) is 0 Å². The zero-order valence-corrected chi connectivity index (χ0v) is 12.4. The average molecular weight is 277 g/mol. The number of nitrogens with zero attached hydrogens (tertiary/aromatic N) is 1. The normalized spacial score (nSPS) is 10.5. The molecule has 0 rings (SSSR count). The Bertz CT molecular complexity index is 73.9. The molecule has 2 heteroatoms. The first-order valence-electron chi connectivity index (χ1n) is 4.85. The van der Waals surface area contributed by atoms with E-state index in [1.54, 1.807) is 22.5 Å². The van der Waals surface area contributed by atoms with Gasteiger partial charge in [-0.25, -0.2) is 0 Å². The molecule has 0 aliphatic carbocycles. The molecule has 0 aromatic heterocycles. The predicted octanol–water partition coefficient (Wildman–Crippen LogP) is 2.72. The molecule has 0 aliphatic heterocycles. The second-order valence-electron chi connectivity index (χ2n) is 3.43. The maximum atomic E-state index is 2.51. The summed E-state index contributed by atoms with van der Waals surface area (Å²) in [7, 11) is 0. The van der Waals surface area contributed by atoms with E-state index in [-0.39, 0.29) is 0 Å². The average Bonchev–Trinajstić information content (AvgIpc) is 2.03. The number of hydrogen-bond acceptors (Lipinski definition) is 1. The van der Waals surface area contributed by atoms with Crippen LogP contribution in [0.5, 0.6) is 0 Å². The Labute approximate surface area is 92.0 Å². The summed E-state index contributed by atoms with van der Waals surface area (Å²) in [6, 6.07) is 1.39. The first kappa shape index (κ1) is 15.2. The summed E-state index contributed by atoms with van der Waals surface area (Å²) in [5, 5.41) is 0. The van der Waals surface area contributed by atoms with Gasteiger partial charge in [0.05, 0.1) is 0 Å². The van der Waals surface area contributed by atoms with Crippen LogP contribution in [0.4, 0.5) is 0 Å². The summed E-state index contributed by atoms with van der Waals surface area (Å²) in [4.78, 5) is 4.60. The molecule has 0 amide bonds. The van der Waals surface area contributed by atoms with Gasteiger partial charge in [0, 0.05) is 12.1 Å². The first-order valence-corrected chi connectivity index (χ1v) is 7.70. The monoisotopic (exact) mass is 278 g/mol. The Morgan fingerprint density at radius 3 is 1.42 bits per heavy atom. The fraction of sp³-hybridized carbons (Fsp3) is 1.00. The second kappa shape index (κ2) is 9.84. The zero-order chi connectivity index (χ0) is 10.1. The topological polar surface area (TPSA) is 3.24 Å². The van der Waals surface area contributed by atoms with E-state index in [9.17, 15) is 0 Å². The van der Waals surface area contributed by atoms with Crippen molar-refractivity contribution in [3.8, 4) is 0 Å². The summed E-state index contributed by atoms with van der Waals surface area (Å²) in [5.74, 6) is 0. The molecule has 73 valence electrons. The van der Waals surface area contributed by atoms with E-state index in [1.165, 1.54) is 13.0 Å². The summed E-state index contributed by atoms with van der Waals surface area (Å²) >= 11 is 1.55. The van der Waals surface area contributed by atoms with Gasteiger partial charge in [-0.1, -0.05) is 6.92 Å². The molecule has 0 aromatic carbocycles. The fourth-order valence-electron chi connectivity index (χ4n) is 1.37. The van der Waals surface area contributed by atoms with Gasteiger partial charge in [0.1, 0.15) is 0 Å². The standard InChI is InChI=1S/C9H21N.CH3.Sn/c1-6-7-10(8(2)3)9(4)5;;/h8-9H,6-7H2,1-5H3;1H3;. The molecular weight excluding hydrogens is 253 g/mol. The van der Waals surface area contributed by atoms with Gasteiger partial charge in [0.15, 0.2) is 0 Å². The van der Waals surface area contributed by atoms with E-state index in [0.29, 0.717) is 12.1 Å². The summed E-state index contributed by atoms with van der Waals surface area (Å²) in [6.07, 6.45) is 1.26. The minimum atomic E-state index is 0.694. The van der Waals surface area contributed by atoms with E-state index >= 15 is 0 Å². The van der Waals surface area contributed by atoms with Gasteiger partial charge in [-0.2, -0.15) is 0 Å². The van der Waals surface area contributed by atoms with Gasteiger partial charge >= 0.3 is 27.5 Å². The minimum absolute atomic E-state index is 0.694. The molecule has 12 heavy (non-hydrogen) atoms. The molecule has 0 N–H and O–H groups in total.